The fourth-order valence-electron chi connectivity index (χ4n) is 1.97. The predicted molar refractivity (Wildman–Crippen MR) is 80.1 cm³/mol. The molecule has 0 bridgehead atoms. The molecule has 0 saturated heterocycles. The number of aryl methyl sites for hydroxylation is 1. The van der Waals surface area contributed by atoms with Crippen molar-refractivity contribution in [1.29, 1.82) is 0 Å². The topological polar surface area (TPSA) is 0 Å². The summed E-state index contributed by atoms with van der Waals surface area (Å²) in [7, 11) is 0. The van der Waals surface area contributed by atoms with Crippen LogP contribution in [-0.2, 0) is 6.42 Å². The Hall–Kier alpha value is -0.600. The Balaban J connectivity index is 1.79. The van der Waals surface area contributed by atoms with Gasteiger partial charge < -0.3 is 0 Å². The Morgan fingerprint density at radius 2 is 1.82 bits per heavy atom. The van der Waals surface area contributed by atoms with Gasteiger partial charge >= 0.3 is 0 Å². The molecule has 2 heteroatoms. The van der Waals surface area contributed by atoms with Crippen LogP contribution in [-0.4, -0.2) is 0 Å². The van der Waals surface area contributed by atoms with Gasteiger partial charge in [0.15, 0.2) is 0 Å². The zero-order valence-corrected chi connectivity index (χ0v) is 12.1. The van der Waals surface area contributed by atoms with Crippen LogP contribution >= 0.6 is 22.7 Å². The average Bonchev–Trinajstić information content (AvgIpc) is 2.99. The maximum Gasteiger partial charge on any atom is 0.0445 e. The van der Waals surface area contributed by atoms with Crippen molar-refractivity contribution < 1.29 is 0 Å². The van der Waals surface area contributed by atoms with E-state index < -0.39 is 0 Å². The van der Waals surface area contributed by atoms with Gasteiger partial charge in [-0.25, -0.2) is 0 Å². The predicted octanol–water partition coefficient (Wildman–Crippen LogP) is 5.99. The molecule has 0 radical (unpaired) electrons. The highest BCUT2D eigenvalue weighted by Crippen LogP contribution is 2.32. The van der Waals surface area contributed by atoms with E-state index in [0.717, 1.165) is 0 Å². The van der Waals surface area contributed by atoms with Gasteiger partial charge in [0.2, 0.25) is 0 Å². The SMILES string of the molecule is CCCCCCCc1ccc(-c2cccs2)s1. The summed E-state index contributed by atoms with van der Waals surface area (Å²) in [6, 6.07) is 8.92. The van der Waals surface area contributed by atoms with E-state index in [2.05, 4.69) is 36.6 Å². The molecular formula is C15H20S2. The summed E-state index contributed by atoms with van der Waals surface area (Å²) in [5.74, 6) is 0. The first-order chi connectivity index (χ1) is 8.40. The Labute approximate surface area is 112 Å². The largest absolute Gasteiger partial charge is 0.143 e. The number of rotatable bonds is 7. The molecule has 17 heavy (non-hydrogen) atoms. The van der Waals surface area contributed by atoms with Gasteiger partial charge in [0.1, 0.15) is 0 Å². The fraction of sp³-hybridized carbons (Fsp3) is 0.467. The molecule has 0 spiro atoms. The fourth-order valence-corrected chi connectivity index (χ4v) is 3.85. The zero-order valence-electron chi connectivity index (χ0n) is 10.4. The van der Waals surface area contributed by atoms with E-state index in [1.165, 1.54) is 48.3 Å². The molecular weight excluding hydrogens is 244 g/mol. The molecule has 0 N–H and O–H groups in total. The van der Waals surface area contributed by atoms with Crippen molar-refractivity contribution >= 4 is 22.7 Å². The van der Waals surface area contributed by atoms with Crippen molar-refractivity contribution in [1.82, 2.24) is 0 Å². The van der Waals surface area contributed by atoms with Crippen molar-refractivity contribution in [2.45, 2.75) is 45.4 Å². The average molecular weight is 264 g/mol. The molecule has 0 aliphatic carbocycles. The van der Waals surface area contributed by atoms with Gasteiger partial charge in [-0.05, 0) is 36.4 Å². The minimum atomic E-state index is 1.26. The van der Waals surface area contributed by atoms with E-state index in [1.807, 2.05) is 22.7 Å². The van der Waals surface area contributed by atoms with Crippen LogP contribution < -0.4 is 0 Å². The van der Waals surface area contributed by atoms with Gasteiger partial charge in [-0.1, -0.05) is 38.7 Å². The quantitative estimate of drug-likeness (QED) is 0.539. The number of hydrogen-bond acceptors (Lipinski definition) is 2. The lowest BCUT2D eigenvalue weighted by atomic mass is 10.1. The third-order valence-electron chi connectivity index (χ3n) is 2.95. The molecule has 0 amide bonds. The van der Waals surface area contributed by atoms with Crippen molar-refractivity contribution in [2.75, 3.05) is 0 Å². The van der Waals surface area contributed by atoms with Crippen LogP contribution in [0, 0.1) is 0 Å². The maximum atomic E-state index is 2.31. The van der Waals surface area contributed by atoms with E-state index in [9.17, 15) is 0 Å². The lowest BCUT2D eigenvalue weighted by Crippen LogP contribution is -1.81. The Morgan fingerprint density at radius 3 is 2.59 bits per heavy atom. The molecule has 2 aromatic rings. The van der Waals surface area contributed by atoms with Gasteiger partial charge in [-0.15, -0.1) is 22.7 Å². The minimum absolute atomic E-state index is 1.26. The first-order valence-electron chi connectivity index (χ1n) is 6.52. The van der Waals surface area contributed by atoms with E-state index in [0.29, 0.717) is 0 Å². The van der Waals surface area contributed by atoms with E-state index in [-0.39, 0.29) is 0 Å². The van der Waals surface area contributed by atoms with Gasteiger partial charge in [-0.2, -0.15) is 0 Å². The highest BCUT2D eigenvalue weighted by molar-refractivity contribution is 7.21. The minimum Gasteiger partial charge on any atom is -0.143 e. The van der Waals surface area contributed by atoms with Crippen LogP contribution in [0.15, 0.2) is 29.6 Å². The van der Waals surface area contributed by atoms with Crippen molar-refractivity contribution in [3.05, 3.63) is 34.5 Å². The summed E-state index contributed by atoms with van der Waals surface area (Å²) in [4.78, 5) is 4.39. The molecule has 0 aromatic carbocycles. The van der Waals surface area contributed by atoms with E-state index in [4.69, 9.17) is 0 Å². The first-order valence-corrected chi connectivity index (χ1v) is 8.22. The molecule has 0 nitrogen and oxygen atoms in total. The monoisotopic (exact) mass is 264 g/mol. The molecule has 0 saturated carbocycles. The van der Waals surface area contributed by atoms with Crippen LogP contribution in [0.2, 0.25) is 0 Å². The molecule has 2 aromatic heterocycles. The molecule has 2 rings (SSSR count). The van der Waals surface area contributed by atoms with Crippen molar-refractivity contribution in [3.8, 4) is 9.75 Å². The summed E-state index contributed by atoms with van der Waals surface area (Å²) in [5, 5.41) is 2.15. The number of thiophene rings is 2. The van der Waals surface area contributed by atoms with Crippen molar-refractivity contribution in [2.24, 2.45) is 0 Å². The highest BCUT2D eigenvalue weighted by atomic mass is 32.1. The second kappa shape index (κ2) is 6.97. The maximum absolute atomic E-state index is 2.31. The molecule has 0 unspecified atom stereocenters. The molecule has 0 fully saturated rings. The lowest BCUT2D eigenvalue weighted by Gasteiger charge is -1.98. The van der Waals surface area contributed by atoms with Crippen LogP contribution in [0.5, 0.6) is 0 Å². The standard InChI is InChI=1S/C15H20S2/c1-2-3-4-5-6-8-13-10-11-15(17-13)14-9-7-12-16-14/h7,9-12H,2-6,8H2,1H3. The Kier molecular flexibility index (Phi) is 5.27. The molecule has 0 atom stereocenters. The molecule has 0 aliphatic rings. The summed E-state index contributed by atoms with van der Waals surface area (Å²) in [5.41, 5.74) is 0. The van der Waals surface area contributed by atoms with Gasteiger partial charge in [-0.3, -0.25) is 0 Å². The Bertz CT molecular complexity index is 412. The molecule has 0 aliphatic heterocycles. The van der Waals surface area contributed by atoms with Crippen LogP contribution in [0.25, 0.3) is 9.75 Å². The molecule has 2 heterocycles. The van der Waals surface area contributed by atoms with Gasteiger partial charge in [0.25, 0.3) is 0 Å². The van der Waals surface area contributed by atoms with E-state index >= 15 is 0 Å². The van der Waals surface area contributed by atoms with Crippen molar-refractivity contribution in [3.63, 3.8) is 0 Å². The van der Waals surface area contributed by atoms with E-state index in [1.54, 1.807) is 4.88 Å². The number of hydrogen-bond donors (Lipinski definition) is 0. The number of unbranched alkanes of at least 4 members (excludes halogenated alkanes) is 4. The third-order valence-corrected chi connectivity index (χ3v) is 5.16. The first kappa shape index (κ1) is 12.8. The second-order valence-corrected chi connectivity index (χ2v) is 6.52. The van der Waals surface area contributed by atoms with Gasteiger partial charge in [0.05, 0.1) is 0 Å². The summed E-state index contributed by atoms with van der Waals surface area (Å²) < 4.78 is 0. The summed E-state index contributed by atoms with van der Waals surface area (Å²) in [6.45, 7) is 2.27. The highest BCUT2D eigenvalue weighted by Gasteiger charge is 2.03. The molecule has 92 valence electrons. The zero-order chi connectivity index (χ0) is 11.9. The van der Waals surface area contributed by atoms with Crippen LogP contribution in [0.1, 0.15) is 43.9 Å². The smallest absolute Gasteiger partial charge is 0.0445 e. The van der Waals surface area contributed by atoms with Gasteiger partial charge in [0, 0.05) is 14.6 Å². The lowest BCUT2D eigenvalue weighted by molar-refractivity contribution is 0.634. The Morgan fingerprint density at radius 1 is 0.941 bits per heavy atom. The second-order valence-electron chi connectivity index (χ2n) is 4.41. The summed E-state index contributed by atoms with van der Waals surface area (Å²) >= 11 is 3.80. The van der Waals surface area contributed by atoms with Crippen LogP contribution in [0.4, 0.5) is 0 Å². The normalized spacial score (nSPS) is 10.9. The van der Waals surface area contributed by atoms with Crippen LogP contribution in [0.3, 0.4) is 0 Å². The summed E-state index contributed by atoms with van der Waals surface area (Å²) in [6.07, 6.45) is 8.14. The third kappa shape index (κ3) is 3.97.